The molecule has 1 amide bonds. The first kappa shape index (κ1) is 22.3. The Labute approximate surface area is 181 Å². The van der Waals surface area contributed by atoms with Gasteiger partial charge in [-0.25, -0.2) is 12.8 Å². The predicted molar refractivity (Wildman–Crippen MR) is 113 cm³/mol. The standard InChI is InChI=1S/C21H19F4N3O3S/c1-32(30,31)14-6-7-28(11-14)19-5-3-13(9-17(19)21(23,24)25)26-10-16-15-4-2-12(22)8-18(15)27-20(16)29/h2-5,8-10,14,16H,6-7,11H2,1H3,(H,27,29). The number of rotatable bonds is 4. The summed E-state index contributed by atoms with van der Waals surface area (Å²) in [6.45, 7) is 0.180. The second-order valence-corrected chi connectivity index (χ2v) is 10.2. The number of fused-ring (bicyclic) bond motifs is 1. The van der Waals surface area contributed by atoms with E-state index in [1.165, 1.54) is 35.4 Å². The smallest absolute Gasteiger partial charge is 0.370 e. The number of amides is 1. The van der Waals surface area contributed by atoms with Crippen molar-refractivity contribution in [3.63, 3.8) is 0 Å². The minimum absolute atomic E-state index is 0.0108. The molecule has 2 aliphatic heterocycles. The third kappa shape index (κ3) is 4.34. The van der Waals surface area contributed by atoms with Crippen LogP contribution in [0.4, 0.5) is 34.6 Å². The SMILES string of the molecule is CS(=O)(=O)C1CCN(c2ccc(N=CC3C(=O)Nc4cc(F)ccc43)cc2C(F)(F)F)C1. The van der Waals surface area contributed by atoms with Gasteiger partial charge in [-0.3, -0.25) is 9.79 Å². The first-order valence-corrected chi connectivity index (χ1v) is 11.7. The molecule has 2 aliphatic rings. The normalized spacial score (nSPS) is 21.3. The molecule has 2 heterocycles. The van der Waals surface area contributed by atoms with Crippen LogP contribution >= 0.6 is 0 Å². The molecular formula is C21H19F4N3O3S. The van der Waals surface area contributed by atoms with Crippen molar-refractivity contribution < 1.29 is 30.8 Å². The monoisotopic (exact) mass is 469 g/mol. The van der Waals surface area contributed by atoms with Crippen molar-refractivity contribution in [2.24, 2.45) is 4.99 Å². The van der Waals surface area contributed by atoms with Gasteiger partial charge in [0.25, 0.3) is 0 Å². The summed E-state index contributed by atoms with van der Waals surface area (Å²) < 4.78 is 78.2. The molecule has 0 bridgehead atoms. The molecule has 11 heteroatoms. The summed E-state index contributed by atoms with van der Waals surface area (Å²) in [6.07, 6.45) is -2.12. The van der Waals surface area contributed by atoms with E-state index in [4.69, 9.17) is 0 Å². The van der Waals surface area contributed by atoms with Gasteiger partial charge in [0, 0.05) is 36.9 Å². The topological polar surface area (TPSA) is 78.8 Å². The Kier molecular flexibility index (Phi) is 5.48. The largest absolute Gasteiger partial charge is 0.418 e. The molecule has 32 heavy (non-hydrogen) atoms. The molecule has 1 N–H and O–H groups in total. The predicted octanol–water partition coefficient (Wildman–Crippen LogP) is 3.91. The zero-order chi connectivity index (χ0) is 23.3. The average Bonchev–Trinajstić information content (AvgIpc) is 3.29. The fourth-order valence-corrected chi connectivity index (χ4v) is 4.96. The van der Waals surface area contributed by atoms with Crippen molar-refractivity contribution in [3.8, 4) is 0 Å². The number of hydrogen-bond donors (Lipinski definition) is 1. The molecule has 0 spiro atoms. The molecule has 2 unspecified atom stereocenters. The van der Waals surface area contributed by atoms with Crippen LogP contribution in [-0.4, -0.2) is 45.1 Å². The van der Waals surface area contributed by atoms with Crippen LogP contribution < -0.4 is 10.2 Å². The minimum Gasteiger partial charge on any atom is -0.370 e. The number of carbonyl (C=O) groups is 1. The summed E-state index contributed by atoms with van der Waals surface area (Å²) in [7, 11) is -3.36. The van der Waals surface area contributed by atoms with Crippen LogP contribution in [-0.2, 0) is 20.8 Å². The van der Waals surface area contributed by atoms with Gasteiger partial charge < -0.3 is 10.2 Å². The lowest BCUT2D eigenvalue weighted by Gasteiger charge is -2.23. The number of anilines is 2. The van der Waals surface area contributed by atoms with Crippen LogP contribution in [0, 0.1) is 5.82 Å². The Bertz CT molecular complexity index is 1210. The molecule has 2 aromatic carbocycles. The molecule has 0 radical (unpaired) electrons. The summed E-state index contributed by atoms with van der Waals surface area (Å²) in [5.41, 5.74) is -0.270. The van der Waals surface area contributed by atoms with E-state index in [0.717, 1.165) is 18.4 Å². The van der Waals surface area contributed by atoms with Crippen LogP contribution in [0.5, 0.6) is 0 Å². The number of nitrogens with one attached hydrogen (secondary N) is 1. The number of benzene rings is 2. The number of carbonyl (C=O) groups excluding carboxylic acids is 1. The molecule has 4 rings (SSSR count). The van der Waals surface area contributed by atoms with Crippen molar-refractivity contribution in [2.45, 2.75) is 23.8 Å². The van der Waals surface area contributed by atoms with E-state index >= 15 is 0 Å². The number of halogens is 4. The first-order chi connectivity index (χ1) is 14.9. The molecule has 0 aromatic heterocycles. The van der Waals surface area contributed by atoms with E-state index < -0.39 is 44.5 Å². The van der Waals surface area contributed by atoms with Crippen molar-refractivity contribution in [1.82, 2.24) is 0 Å². The third-order valence-electron chi connectivity index (χ3n) is 5.64. The van der Waals surface area contributed by atoms with Crippen molar-refractivity contribution in [1.29, 1.82) is 0 Å². The second-order valence-electron chi connectivity index (χ2n) is 7.86. The molecule has 1 saturated heterocycles. The van der Waals surface area contributed by atoms with Crippen LogP contribution in [0.15, 0.2) is 41.4 Å². The van der Waals surface area contributed by atoms with Crippen LogP contribution in [0.25, 0.3) is 0 Å². The summed E-state index contributed by atoms with van der Waals surface area (Å²) in [6, 6.07) is 7.30. The minimum atomic E-state index is -4.68. The maximum Gasteiger partial charge on any atom is 0.418 e. The first-order valence-electron chi connectivity index (χ1n) is 9.73. The molecule has 170 valence electrons. The Morgan fingerprint density at radius 1 is 1.19 bits per heavy atom. The highest BCUT2D eigenvalue weighted by molar-refractivity contribution is 7.91. The lowest BCUT2D eigenvalue weighted by molar-refractivity contribution is -0.137. The Hall–Kier alpha value is -2.95. The number of alkyl halides is 3. The number of sulfone groups is 1. The van der Waals surface area contributed by atoms with Crippen molar-refractivity contribution in [2.75, 3.05) is 29.6 Å². The fraction of sp³-hybridized carbons (Fsp3) is 0.333. The highest BCUT2D eigenvalue weighted by atomic mass is 32.2. The highest BCUT2D eigenvalue weighted by Crippen LogP contribution is 2.40. The van der Waals surface area contributed by atoms with E-state index in [9.17, 15) is 30.8 Å². The van der Waals surface area contributed by atoms with Gasteiger partial charge in [-0.05, 0) is 42.3 Å². The van der Waals surface area contributed by atoms with Gasteiger partial charge in [-0.2, -0.15) is 13.2 Å². The quantitative estimate of drug-likeness (QED) is 0.544. The molecule has 0 aliphatic carbocycles. The number of hydrogen-bond acceptors (Lipinski definition) is 5. The van der Waals surface area contributed by atoms with E-state index in [1.807, 2.05) is 0 Å². The maximum absolute atomic E-state index is 13.8. The maximum atomic E-state index is 13.8. The van der Waals surface area contributed by atoms with E-state index in [-0.39, 0.29) is 30.9 Å². The summed E-state index contributed by atoms with van der Waals surface area (Å²) in [4.78, 5) is 17.6. The van der Waals surface area contributed by atoms with E-state index in [1.54, 1.807) is 0 Å². The average molecular weight is 469 g/mol. The Morgan fingerprint density at radius 3 is 2.59 bits per heavy atom. The second kappa shape index (κ2) is 7.88. The van der Waals surface area contributed by atoms with Crippen molar-refractivity contribution in [3.05, 3.63) is 53.3 Å². The third-order valence-corrected chi connectivity index (χ3v) is 7.24. The van der Waals surface area contributed by atoms with Crippen molar-refractivity contribution >= 4 is 39.0 Å². The van der Waals surface area contributed by atoms with Gasteiger partial charge in [0.15, 0.2) is 9.84 Å². The number of aliphatic imine (C=N–C) groups is 1. The summed E-state index contributed by atoms with van der Waals surface area (Å²) in [5, 5.41) is 1.80. The molecule has 0 saturated carbocycles. The van der Waals surface area contributed by atoms with E-state index in [0.29, 0.717) is 11.3 Å². The van der Waals surface area contributed by atoms with E-state index in [2.05, 4.69) is 10.3 Å². The van der Waals surface area contributed by atoms with Gasteiger partial charge in [-0.15, -0.1) is 0 Å². The highest BCUT2D eigenvalue weighted by Gasteiger charge is 2.38. The molecule has 2 aromatic rings. The lowest BCUT2D eigenvalue weighted by Crippen LogP contribution is -2.27. The molecule has 2 atom stereocenters. The Morgan fingerprint density at radius 2 is 1.94 bits per heavy atom. The Balaban J connectivity index is 1.62. The molecule has 6 nitrogen and oxygen atoms in total. The van der Waals surface area contributed by atoms with Crippen LogP contribution in [0.1, 0.15) is 23.5 Å². The summed E-state index contributed by atoms with van der Waals surface area (Å²) in [5.74, 6) is -1.83. The van der Waals surface area contributed by atoms with Gasteiger partial charge in [0.2, 0.25) is 5.91 Å². The number of nitrogens with zero attached hydrogens (tertiary/aromatic N) is 2. The van der Waals surface area contributed by atoms with Gasteiger partial charge in [0.1, 0.15) is 11.7 Å². The zero-order valence-corrected chi connectivity index (χ0v) is 17.7. The zero-order valence-electron chi connectivity index (χ0n) is 16.9. The van der Waals surface area contributed by atoms with Gasteiger partial charge in [0.05, 0.1) is 16.5 Å². The summed E-state index contributed by atoms with van der Waals surface area (Å²) >= 11 is 0. The van der Waals surface area contributed by atoms with Gasteiger partial charge >= 0.3 is 6.18 Å². The fourth-order valence-electron chi connectivity index (χ4n) is 3.97. The van der Waals surface area contributed by atoms with Crippen LogP contribution in [0.2, 0.25) is 0 Å². The van der Waals surface area contributed by atoms with Gasteiger partial charge in [-0.1, -0.05) is 6.07 Å². The molecule has 1 fully saturated rings. The van der Waals surface area contributed by atoms with Crippen LogP contribution in [0.3, 0.4) is 0 Å². The molecular weight excluding hydrogens is 450 g/mol. The lowest BCUT2D eigenvalue weighted by atomic mass is 10.0.